The Kier molecular flexibility index (Phi) is 5.79. The van der Waals surface area contributed by atoms with Crippen LogP contribution >= 0.6 is 0 Å². The molecule has 1 saturated heterocycles. The summed E-state index contributed by atoms with van der Waals surface area (Å²) in [5.74, 6) is 2.47. The lowest BCUT2D eigenvalue weighted by atomic mass is 10.0. The molecule has 1 N–H and O–H groups in total. The lowest BCUT2D eigenvalue weighted by Gasteiger charge is -2.34. The molecule has 118 valence electrons. The lowest BCUT2D eigenvalue weighted by molar-refractivity contribution is 0.0458. The van der Waals surface area contributed by atoms with Crippen LogP contribution in [0, 0.1) is 0 Å². The molecule has 2 heterocycles. The van der Waals surface area contributed by atoms with Crippen LogP contribution in [-0.4, -0.2) is 42.3 Å². The number of piperidine rings is 1. The van der Waals surface area contributed by atoms with E-state index in [9.17, 15) is 0 Å². The Hall–Kier alpha value is -1.36. The smallest absolute Gasteiger partial charge is 0.137 e. The highest BCUT2D eigenvalue weighted by Gasteiger charge is 2.24. The van der Waals surface area contributed by atoms with Crippen molar-refractivity contribution in [3.8, 4) is 0 Å². The minimum atomic E-state index is 0.403. The first-order valence-corrected chi connectivity index (χ1v) is 8.12. The summed E-state index contributed by atoms with van der Waals surface area (Å²) < 4.78 is 5.74. The molecule has 0 radical (unpaired) electrons. The minimum absolute atomic E-state index is 0.403. The van der Waals surface area contributed by atoms with Gasteiger partial charge in [0.25, 0.3) is 0 Å². The van der Waals surface area contributed by atoms with Crippen molar-refractivity contribution in [1.29, 1.82) is 0 Å². The summed E-state index contributed by atoms with van der Waals surface area (Å²) in [4.78, 5) is 11.4. The second-order valence-corrected chi connectivity index (χ2v) is 5.79. The Balaban J connectivity index is 2.18. The maximum atomic E-state index is 5.74. The molecule has 5 nitrogen and oxygen atoms in total. The van der Waals surface area contributed by atoms with Crippen LogP contribution in [0.15, 0.2) is 6.33 Å². The molecule has 0 aromatic carbocycles. The van der Waals surface area contributed by atoms with Gasteiger partial charge in [-0.15, -0.1) is 0 Å². The number of anilines is 2. The predicted octanol–water partition coefficient (Wildman–Crippen LogP) is 3.04. The third kappa shape index (κ3) is 3.84. The van der Waals surface area contributed by atoms with Gasteiger partial charge in [0, 0.05) is 31.8 Å². The molecule has 0 amide bonds. The maximum Gasteiger partial charge on any atom is 0.137 e. The third-order valence-electron chi connectivity index (χ3n) is 3.93. The molecule has 1 aliphatic heterocycles. The molecule has 1 aliphatic rings. The van der Waals surface area contributed by atoms with Crippen LogP contribution in [0.3, 0.4) is 0 Å². The van der Waals surface area contributed by atoms with Crippen LogP contribution in [0.2, 0.25) is 0 Å². The second kappa shape index (κ2) is 7.59. The van der Waals surface area contributed by atoms with Gasteiger partial charge in [-0.3, -0.25) is 0 Å². The quantitative estimate of drug-likeness (QED) is 0.873. The fourth-order valence-electron chi connectivity index (χ4n) is 2.95. The largest absolute Gasteiger partial charge is 0.378 e. The Labute approximate surface area is 128 Å². The Morgan fingerprint density at radius 2 is 2.00 bits per heavy atom. The van der Waals surface area contributed by atoms with E-state index in [0.29, 0.717) is 12.0 Å². The summed E-state index contributed by atoms with van der Waals surface area (Å²) in [7, 11) is 0. The minimum Gasteiger partial charge on any atom is -0.378 e. The van der Waals surface area contributed by atoms with E-state index in [2.05, 4.69) is 47.9 Å². The van der Waals surface area contributed by atoms with Crippen molar-refractivity contribution in [2.45, 2.75) is 52.6 Å². The number of ether oxygens (including phenoxy) is 1. The van der Waals surface area contributed by atoms with E-state index in [1.54, 1.807) is 6.33 Å². The average molecular weight is 292 g/mol. The number of hydrogen-bond donors (Lipinski definition) is 1. The van der Waals surface area contributed by atoms with Crippen molar-refractivity contribution in [2.24, 2.45) is 0 Å². The van der Waals surface area contributed by atoms with E-state index in [1.807, 2.05) is 0 Å². The van der Waals surface area contributed by atoms with Gasteiger partial charge in [0.15, 0.2) is 0 Å². The zero-order chi connectivity index (χ0) is 15.2. The number of nitrogens with zero attached hydrogens (tertiary/aromatic N) is 3. The highest BCUT2D eigenvalue weighted by atomic mass is 16.5. The van der Waals surface area contributed by atoms with Crippen molar-refractivity contribution in [3.63, 3.8) is 0 Å². The first kappa shape index (κ1) is 16.0. The van der Waals surface area contributed by atoms with Gasteiger partial charge in [-0.05, 0) is 32.6 Å². The molecule has 21 heavy (non-hydrogen) atoms. The normalized spacial score (nSPS) is 16.5. The van der Waals surface area contributed by atoms with Crippen molar-refractivity contribution in [3.05, 3.63) is 11.9 Å². The van der Waals surface area contributed by atoms with Gasteiger partial charge in [0.05, 0.1) is 6.10 Å². The standard InChI is InChI=1S/C16H28N4O/c1-5-17-15-14(12(3)4)16(19-11-18-15)20-9-7-13(8-10-20)21-6-2/h11-13H,5-10H2,1-4H3,(H,17,18,19). The summed E-state index contributed by atoms with van der Waals surface area (Å²) in [5.41, 5.74) is 1.23. The van der Waals surface area contributed by atoms with Crippen LogP contribution in [0.1, 0.15) is 52.0 Å². The molecule has 0 bridgehead atoms. The van der Waals surface area contributed by atoms with Gasteiger partial charge in [-0.1, -0.05) is 13.8 Å². The van der Waals surface area contributed by atoms with Crippen LogP contribution in [0.25, 0.3) is 0 Å². The zero-order valence-electron chi connectivity index (χ0n) is 13.7. The number of hydrogen-bond acceptors (Lipinski definition) is 5. The molecule has 0 saturated carbocycles. The van der Waals surface area contributed by atoms with E-state index in [1.165, 1.54) is 5.56 Å². The Morgan fingerprint density at radius 1 is 1.29 bits per heavy atom. The third-order valence-corrected chi connectivity index (χ3v) is 3.93. The Morgan fingerprint density at radius 3 is 2.57 bits per heavy atom. The SMILES string of the molecule is CCNc1ncnc(N2CCC(OCC)CC2)c1C(C)C. The highest BCUT2D eigenvalue weighted by Crippen LogP contribution is 2.32. The van der Waals surface area contributed by atoms with E-state index >= 15 is 0 Å². The Bertz CT molecular complexity index is 442. The average Bonchev–Trinajstić information content (AvgIpc) is 2.48. The molecule has 1 aromatic heterocycles. The van der Waals surface area contributed by atoms with Crippen molar-refractivity contribution >= 4 is 11.6 Å². The number of aromatic nitrogens is 2. The molecule has 0 spiro atoms. The van der Waals surface area contributed by atoms with Gasteiger partial charge in [0.2, 0.25) is 0 Å². The van der Waals surface area contributed by atoms with Gasteiger partial charge in [-0.25, -0.2) is 9.97 Å². The second-order valence-electron chi connectivity index (χ2n) is 5.79. The summed E-state index contributed by atoms with van der Waals surface area (Å²) in [6, 6.07) is 0. The van der Waals surface area contributed by atoms with E-state index in [-0.39, 0.29) is 0 Å². The lowest BCUT2D eigenvalue weighted by Crippen LogP contribution is -2.38. The molecule has 0 unspecified atom stereocenters. The van der Waals surface area contributed by atoms with Crippen LogP contribution < -0.4 is 10.2 Å². The molecule has 2 rings (SSSR count). The van der Waals surface area contributed by atoms with E-state index < -0.39 is 0 Å². The summed E-state index contributed by atoms with van der Waals surface area (Å²) in [6.45, 7) is 12.3. The van der Waals surface area contributed by atoms with Gasteiger partial charge >= 0.3 is 0 Å². The first-order valence-electron chi connectivity index (χ1n) is 8.12. The number of nitrogens with one attached hydrogen (secondary N) is 1. The molecule has 0 atom stereocenters. The maximum absolute atomic E-state index is 5.74. The topological polar surface area (TPSA) is 50.3 Å². The fourth-order valence-corrected chi connectivity index (χ4v) is 2.95. The molecular weight excluding hydrogens is 264 g/mol. The van der Waals surface area contributed by atoms with E-state index in [0.717, 1.165) is 50.7 Å². The van der Waals surface area contributed by atoms with Crippen molar-refractivity contribution in [2.75, 3.05) is 36.5 Å². The first-order chi connectivity index (χ1) is 10.2. The summed E-state index contributed by atoms with van der Waals surface area (Å²) in [5, 5.41) is 3.36. The molecule has 1 fully saturated rings. The van der Waals surface area contributed by atoms with Gasteiger partial charge < -0.3 is 15.0 Å². The molecule has 1 aromatic rings. The predicted molar refractivity (Wildman–Crippen MR) is 87.1 cm³/mol. The molecule has 5 heteroatoms. The van der Waals surface area contributed by atoms with Gasteiger partial charge in [0.1, 0.15) is 18.0 Å². The van der Waals surface area contributed by atoms with Crippen LogP contribution in [-0.2, 0) is 4.74 Å². The number of rotatable bonds is 6. The van der Waals surface area contributed by atoms with Gasteiger partial charge in [-0.2, -0.15) is 0 Å². The fraction of sp³-hybridized carbons (Fsp3) is 0.750. The van der Waals surface area contributed by atoms with Crippen LogP contribution in [0.5, 0.6) is 0 Å². The monoisotopic (exact) mass is 292 g/mol. The zero-order valence-corrected chi connectivity index (χ0v) is 13.7. The summed E-state index contributed by atoms with van der Waals surface area (Å²) in [6.07, 6.45) is 4.23. The molecule has 0 aliphatic carbocycles. The molecular formula is C16H28N4O. The van der Waals surface area contributed by atoms with Crippen molar-refractivity contribution in [1.82, 2.24) is 9.97 Å². The highest BCUT2D eigenvalue weighted by molar-refractivity contribution is 5.60. The van der Waals surface area contributed by atoms with E-state index in [4.69, 9.17) is 4.74 Å². The summed E-state index contributed by atoms with van der Waals surface area (Å²) >= 11 is 0. The van der Waals surface area contributed by atoms with Crippen molar-refractivity contribution < 1.29 is 4.74 Å². The van der Waals surface area contributed by atoms with Crippen LogP contribution in [0.4, 0.5) is 11.6 Å².